The van der Waals surface area contributed by atoms with E-state index in [0.29, 0.717) is 29.4 Å². The Hall–Kier alpha value is -1.85. The molecule has 2 N–H and O–H groups in total. The van der Waals surface area contributed by atoms with E-state index in [1.807, 2.05) is 36.4 Å². The van der Waals surface area contributed by atoms with Gasteiger partial charge >= 0.3 is 0 Å². The van der Waals surface area contributed by atoms with Crippen molar-refractivity contribution < 1.29 is 9.59 Å². The molecule has 1 aromatic carbocycles. The summed E-state index contributed by atoms with van der Waals surface area (Å²) in [6.07, 6.45) is 0.649. The van der Waals surface area contributed by atoms with Crippen molar-refractivity contribution in [1.29, 1.82) is 0 Å². The van der Waals surface area contributed by atoms with E-state index in [0.717, 1.165) is 10.4 Å². The molecule has 0 aliphatic carbocycles. The van der Waals surface area contributed by atoms with Crippen LogP contribution in [-0.2, 0) is 4.79 Å². The topological polar surface area (TPSA) is 63.4 Å². The lowest BCUT2D eigenvalue weighted by atomic mass is 10.1. The summed E-state index contributed by atoms with van der Waals surface area (Å²) in [6, 6.07) is 11.3. The second-order valence-corrected chi connectivity index (χ2v) is 6.83. The molecule has 0 saturated carbocycles. The highest BCUT2D eigenvalue weighted by Crippen LogP contribution is 2.30. The van der Waals surface area contributed by atoms with Crippen LogP contribution in [0.5, 0.6) is 0 Å². The van der Waals surface area contributed by atoms with Crippen molar-refractivity contribution >= 4 is 34.8 Å². The molecule has 0 radical (unpaired) electrons. The predicted octanol–water partition coefficient (Wildman–Crippen LogP) is 3.02. The molecule has 2 amide bonds. The van der Waals surface area contributed by atoms with Crippen LogP contribution in [0, 0.1) is 5.92 Å². The minimum absolute atomic E-state index is 0.0334. The first-order valence-electron chi connectivity index (χ1n) is 6.99. The highest BCUT2D eigenvalue weighted by Gasteiger charge is 2.30. The van der Waals surface area contributed by atoms with Crippen LogP contribution in [0.2, 0.25) is 5.02 Å². The molecule has 1 fully saturated rings. The van der Waals surface area contributed by atoms with Crippen molar-refractivity contribution in [3.8, 4) is 10.4 Å². The first-order chi connectivity index (χ1) is 10.5. The van der Waals surface area contributed by atoms with Gasteiger partial charge in [-0.15, -0.1) is 11.3 Å². The Kier molecular flexibility index (Phi) is 4.18. The Bertz CT molecular complexity index is 711. The molecular weight excluding hydrogens is 320 g/mol. The van der Waals surface area contributed by atoms with Crippen LogP contribution in [0.1, 0.15) is 16.1 Å². The first-order valence-corrected chi connectivity index (χ1v) is 8.18. The van der Waals surface area contributed by atoms with Crippen LogP contribution in [0.3, 0.4) is 0 Å². The summed E-state index contributed by atoms with van der Waals surface area (Å²) in [4.78, 5) is 27.1. The maximum atomic E-state index is 12.5. The molecule has 0 bridgehead atoms. The summed E-state index contributed by atoms with van der Waals surface area (Å²) in [5, 5.41) is 0.686. The number of nitrogens with zero attached hydrogens (tertiary/aromatic N) is 1. The summed E-state index contributed by atoms with van der Waals surface area (Å²) in [6.45, 7) is 1.00. The van der Waals surface area contributed by atoms with E-state index in [1.165, 1.54) is 11.3 Å². The Morgan fingerprint density at radius 3 is 2.55 bits per heavy atom. The summed E-state index contributed by atoms with van der Waals surface area (Å²) in [5.41, 5.74) is 6.34. The van der Waals surface area contributed by atoms with Crippen LogP contribution in [0.4, 0.5) is 0 Å². The largest absolute Gasteiger partial charge is 0.369 e. The van der Waals surface area contributed by atoms with E-state index in [1.54, 1.807) is 4.90 Å². The smallest absolute Gasteiger partial charge is 0.263 e. The molecule has 4 nitrogen and oxygen atoms in total. The molecule has 22 heavy (non-hydrogen) atoms. The molecule has 0 unspecified atom stereocenters. The Balaban J connectivity index is 1.75. The van der Waals surface area contributed by atoms with Gasteiger partial charge in [0.05, 0.1) is 10.8 Å². The molecular formula is C16H15ClN2O2S. The van der Waals surface area contributed by atoms with Gasteiger partial charge in [0.25, 0.3) is 5.91 Å². The van der Waals surface area contributed by atoms with Crippen molar-refractivity contribution in [2.45, 2.75) is 6.42 Å². The van der Waals surface area contributed by atoms with E-state index in [4.69, 9.17) is 17.3 Å². The van der Waals surface area contributed by atoms with Crippen molar-refractivity contribution in [3.63, 3.8) is 0 Å². The Morgan fingerprint density at radius 1 is 1.18 bits per heavy atom. The van der Waals surface area contributed by atoms with E-state index in [9.17, 15) is 9.59 Å². The van der Waals surface area contributed by atoms with Gasteiger partial charge in [0, 0.05) is 23.0 Å². The van der Waals surface area contributed by atoms with Crippen molar-refractivity contribution in [3.05, 3.63) is 46.3 Å². The molecule has 1 aliphatic heterocycles. The molecule has 1 saturated heterocycles. The normalized spacial score (nSPS) is 17.7. The van der Waals surface area contributed by atoms with Gasteiger partial charge < -0.3 is 10.6 Å². The fraction of sp³-hybridized carbons (Fsp3) is 0.250. The number of hydrogen-bond donors (Lipinski definition) is 1. The molecule has 1 aromatic heterocycles. The van der Waals surface area contributed by atoms with Crippen molar-refractivity contribution in [1.82, 2.24) is 4.90 Å². The van der Waals surface area contributed by atoms with Gasteiger partial charge in [-0.25, -0.2) is 0 Å². The van der Waals surface area contributed by atoms with E-state index < -0.39 is 0 Å². The number of thiophene rings is 1. The number of primary amides is 1. The lowest BCUT2D eigenvalue weighted by Crippen LogP contribution is -2.31. The van der Waals surface area contributed by atoms with Crippen LogP contribution < -0.4 is 5.73 Å². The van der Waals surface area contributed by atoms with E-state index in [-0.39, 0.29) is 17.7 Å². The molecule has 2 aromatic rings. The van der Waals surface area contributed by atoms with Gasteiger partial charge in [-0.1, -0.05) is 23.7 Å². The van der Waals surface area contributed by atoms with Crippen LogP contribution >= 0.6 is 22.9 Å². The molecule has 3 rings (SSSR count). The third kappa shape index (κ3) is 3.00. The molecule has 1 aliphatic rings. The zero-order valence-electron chi connectivity index (χ0n) is 11.8. The third-order valence-electron chi connectivity index (χ3n) is 3.82. The monoisotopic (exact) mass is 334 g/mol. The number of amides is 2. The number of nitrogens with two attached hydrogens (primary N) is 1. The zero-order chi connectivity index (χ0) is 15.7. The molecule has 6 heteroatoms. The van der Waals surface area contributed by atoms with Gasteiger partial charge in [0.15, 0.2) is 0 Å². The summed E-state index contributed by atoms with van der Waals surface area (Å²) < 4.78 is 0. The predicted molar refractivity (Wildman–Crippen MR) is 88.0 cm³/mol. The van der Waals surface area contributed by atoms with Gasteiger partial charge in [-0.05, 0) is 36.2 Å². The molecule has 1 atom stereocenters. The highest BCUT2D eigenvalue weighted by atomic mass is 35.5. The molecule has 0 spiro atoms. The lowest BCUT2D eigenvalue weighted by molar-refractivity contribution is -0.121. The number of benzene rings is 1. The number of likely N-dealkylation sites (tertiary alicyclic amines) is 1. The number of carbonyl (C=O) groups excluding carboxylic acids is 2. The molecule has 114 valence electrons. The second kappa shape index (κ2) is 6.10. The minimum atomic E-state index is -0.330. The van der Waals surface area contributed by atoms with Crippen LogP contribution in [0.15, 0.2) is 36.4 Å². The number of hydrogen-bond acceptors (Lipinski definition) is 3. The first kappa shape index (κ1) is 15.1. The maximum Gasteiger partial charge on any atom is 0.263 e. The number of carbonyl (C=O) groups is 2. The average molecular weight is 335 g/mol. The van der Waals surface area contributed by atoms with E-state index >= 15 is 0 Å². The fourth-order valence-electron chi connectivity index (χ4n) is 2.55. The number of rotatable bonds is 3. The maximum absolute atomic E-state index is 12.5. The van der Waals surface area contributed by atoms with Crippen molar-refractivity contribution in [2.75, 3.05) is 13.1 Å². The summed E-state index contributed by atoms with van der Waals surface area (Å²) in [5.74, 6) is -0.586. The SMILES string of the molecule is NC(=O)[C@H]1CCN(C(=O)c2ccc(-c3ccc(Cl)cc3)s2)C1. The van der Waals surface area contributed by atoms with Crippen molar-refractivity contribution in [2.24, 2.45) is 11.7 Å². The van der Waals surface area contributed by atoms with Gasteiger partial charge in [-0.3, -0.25) is 9.59 Å². The van der Waals surface area contributed by atoms with Gasteiger partial charge in [-0.2, -0.15) is 0 Å². The Labute approximate surface area is 137 Å². The zero-order valence-corrected chi connectivity index (χ0v) is 13.4. The summed E-state index contributed by atoms with van der Waals surface area (Å²) in [7, 11) is 0. The van der Waals surface area contributed by atoms with Crippen LogP contribution in [-0.4, -0.2) is 29.8 Å². The Morgan fingerprint density at radius 2 is 1.91 bits per heavy atom. The average Bonchev–Trinajstić information content (AvgIpc) is 3.17. The highest BCUT2D eigenvalue weighted by molar-refractivity contribution is 7.17. The number of halogens is 1. The summed E-state index contributed by atoms with van der Waals surface area (Å²) >= 11 is 7.33. The van der Waals surface area contributed by atoms with Gasteiger partial charge in [0.2, 0.25) is 5.91 Å². The second-order valence-electron chi connectivity index (χ2n) is 5.31. The van der Waals surface area contributed by atoms with Crippen LogP contribution in [0.25, 0.3) is 10.4 Å². The third-order valence-corrected chi connectivity index (χ3v) is 5.20. The minimum Gasteiger partial charge on any atom is -0.369 e. The van der Waals surface area contributed by atoms with E-state index in [2.05, 4.69) is 0 Å². The quantitative estimate of drug-likeness (QED) is 0.937. The standard InChI is InChI=1S/C16H15ClN2O2S/c17-12-3-1-10(2-4-12)13-5-6-14(22-13)16(21)19-8-7-11(9-19)15(18)20/h1-6,11H,7-9H2,(H2,18,20)/t11-/m0/s1. The molecule has 2 heterocycles. The fourth-order valence-corrected chi connectivity index (χ4v) is 3.66. The lowest BCUT2D eigenvalue weighted by Gasteiger charge is -2.14. The van der Waals surface area contributed by atoms with Gasteiger partial charge in [0.1, 0.15) is 0 Å².